The lowest BCUT2D eigenvalue weighted by Crippen LogP contribution is -2.23. The van der Waals surface area contributed by atoms with E-state index in [-0.39, 0.29) is 0 Å². The third-order valence-electron chi connectivity index (χ3n) is 1.55. The summed E-state index contributed by atoms with van der Waals surface area (Å²) >= 11 is 1.63. The smallest absolute Gasteiger partial charge is 0.255 e. The minimum Gasteiger partial charge on any atom is -0.440 e. The van der Waals surface area contributed by atoms with Crippen LogP contribution in [-0.2, 0) is 0 Å². The largest absolute Gasteiger partial charge is 0.440 e. The van der Waals surface area contributed by atoms with E-state index in [4.69, 9.17) is 4.42 Å². The van der Waals surface area contributed by atoms with Crippen molar-refractivity contribution in [3.8, 4) is 0 Å². The van der Waals surface area contributed by atoms with Crippen molar-refractivity contribution in [1.82, 2.24) is 10.3 Å². The van der Waals surface area contributed by atoms with Crippen LogP contribution in [-0.4, -0.2) is 23.8 Å². The topological polar surface area (TPSA) is 38.1 Å². The van der Waals surface area contributed by atoms with Gasteiger partial charge in [-0.15, -0.1) is 0 Å². The predicted molar refractivity (Wildman–Crippen MR) is 50.5 cm³/mol. The van der Waals surface area contributed by atoms with E-state index < -0.39 is 0 Å². The number of rotatable bonds is 4. The summed E-state index contributed by atoms with van der Waals surface area (Å²) < 4.78 is 5.18. The monoisotopic (exact) mass is 186 g/mol. The number of thioether (sulfide) groups is 1. The molecule has 0 bridgehead atoms. The molecule has 0 fully saturated rings. The van der Waals surface area contributed by atoms with Crippen LogP contribution < -0.4 is 5.32 Å². The van der Waals surface area contributed by atoms with E-state index in [2.05, 4.69) is 17.2 Å². The summed E-state index contributed by atoms with van der Waals surface area (Å²) in [6, 6.07) is 0.488. The molecule has 0 aliphatic rings. The fraction of sp³-hybridized carbons (Fsp3) is 0.625. The normalized spacial score (nSPS) is 13.2. The number of aromatic nitrogens is 1. The van der Waals surface area contributed by atoms with Crippen LogP contribution in [0.3, 0.4) is 0 Å². The summed E-state index contributed by atoms with van der Waals surface area (Å²) in [5, 5.41) is 3.91. The van der Waals surface area contributed by atoms with Gasteiger partial charge >= 0.3 is 0 Å². The highest BCUT2D eigenvalue weighted by Crippen LogP contribution is 2.17. The van der Waals surface area contributed by atoms with E-state index in [1.165, 1.54) is 0 Å². The highest BCUT2D eigenvalue weighted by molar-refractivity contribution is 7.99. The van der Waals surface area contributed by atoms with Crippen molar-refractivity contribution in [1.29, 1.82) is 0 Å². The molecule has 0 amide bonds. The van der Waals surface area contributed by atoms with Crippen molar-refractivity contribution in [2.45, 2.75) is 25.1 Å². The lowest BCUT2D eigenvalue weighted by molar-refractivity contribution is 0.453. The molecule has 0 aliphatic heterocycles. The Hall–Kier alpha value is -0.480. The van der Waals surface area contributed by atoms with Crippen LogP contribution in [0.2, 0.25) is 0 Å². The van der Waals surface area contributed by atoms with Gasteiger partial charge in [0.2, 0.25) is 0 Å². The molecular formula is C8H14N2OS. The molecule has 0 aliphatic carbocycles. The van der Waals surface area contributed by atoms with Gasteiger partial charge in [0, 0.05) is 11.8 Å². The molecule has 1 heterocycles. The van der Waals surface area contributed by atoms with Crippen molar-refractivity contribution < 1.29 is 4.42 Å². The number of oxazole rings is 1. The summed E-state index contributed by atoms with van der Waals surface area (Å²) in [6.45, 7) is 4.05. The first-order valence-corrected chi connectivity index (χ1v) is 4.93. The number of aryl methyl sites for hydroxylation is 1. The van der Waals surface area contributed by atoms with Gasteiger partial charge in [-0.3, -0.25) is 0 Å². The Morgan fingerprint density at radius 3 is 3.00 bits per heavy atom. The lowest BCUT2D eigenvalue weighted by atomic mass is 10.4. The molecular weight excluding hydrogens is 172 g/mol. The molecule has 1 aromatic heterocycles. The first-order valence-electron chi connectivity index (χ1n) is 3.94. The van der Waals surface area contributed by atoms with Crippen molar-refractivity contribution in [3.63, 3.8) is 0 Å². The van der Waals surface area contributed by atoms with Crippen LogP contribution in [0.5, 0.6) is 0 Å². The average Bonchev–Trinajstić information content (AvgIpc) is 2.47. The second-order valence-electron chi connectivity index (χ2n) is 2.76. The van der Waals surface area contributed by atoms with E-state index in [1.54, 1.807) is 18.0 Å². The standard InChI is InChI=1S/C8H14N2OS/c1-6-4-11-8(10-6)12-5-7(2)9-3/h4,7,9H,5H2,1-3H3. The molecule has 1 aromatic rings. The Bertz CT molecular complexity index is 237. The molecule has 0 saturated heterocycles. The van der Waals surface area contributed by atoms with Crippen LogP contribution in [0.4, 0.5) is 0 Å². The SMILES string of the molecule is CNC(C)CSc1nc(C)co1. The van der Waals surface area contributed by atoms with Gasteiger partial charge in [-0.05, 0) is 20.9 Å². The highest BCUT2D eigenvalue weighted by atomic mass is 32.2. The van der Waals surface area contributed by atoms with E-state index in [1.807, 2.05) is 14.0 Å². The van der Waals surface area contributed by atoms with Crippen molar-refractivity contribution >= 4 is 11.8 Å². The maximum Gasteiger partial charge on any atom is 0.255 e. The zero-order valence-electron chi connectivity index (χ0n) is 7.63. The summed E-state index contributed by atoms with van der Waals surface area (Å²) in [5.74, 6) is 0.983. The van der Waals surface area contributed by atoms with E-state index in [0.717, 1.165) is 16.7 Å². The molecule has 1 atom stereocenters. The lowest BCUT2D eigenvalue weighted by Gasteiger charge is -2.06. The summed E-state index contributed by atoms with van der Waals surface area (Å²) in [6.07, 6.45) is 1.67. The van der Waals surface area contributed by atoms with Gasteiger partial charge in [0.1, 0.15) is 6.26 Å². The Morgan fingerprint density at radius 2 is 2.50 bits per heavy atom. The third-order valence-corrected chi connectivity index (χ3v) is 2.65. The molecule has 1 rings (SSSR count). The van der Waals surface area contributed by atoms with Gasteiger partial charge in [-0.1, -0.05) is 11.8 Å². The van der Waals surface area contributed by atoms with E-state index in [9.17, 15) is 0 Å². The quantitative estimate of drug-likeness (QED) is 0.726. The molecule has 0 spiro atoms. The number of nitrogens with one attached hydrogen (secondary N) is 1. The zero-order valence-corrected chi connectivity index (χ0v) is 8.44. The zero-order chi connectivity index (χ0) is 8.97. The van der Waals surface area contributed by atoms with Gasteiger partial charge < -0.3 is 9.73 Å². The fourth-order valence-corrected chi connectivity index (χ4v) is 1.56. The molecule has 1 N–H and O–H groups in total. The molecule has 0 aromatic carbocycles. The van der Waals surface area contributed by atoms with Crippen LogP contribution >= 0.6 is 11.8 Å². The van der Waals surface area contributed by atoms with Gasteiger partial charge in [0.05, 0.1) is 5.69 Å². The molecule has 4 heteroatoms. The minimum absolute atomic E-state index is 0.488. The van der Waals surface area contributed by atoms with Crippen molar-refractivity contribution in [2.24, 2.45) is 0 Å². The van der Waals surface area contributed by atoms with Gasteiger partial charge in [0.25, 0.3) is 5.22 Å². The first kappa shape index (κ1) is 9.61. The first-order chi connectivity index (χ1) is 5.72. The van der Waals surface area contributed by atoms with E-state index >= 15 is 0 Å². The van der Waals surface area contributed by atoms with Crippen LogP contribution in [0.1, 0.15) is 12.6 Å². The van der Waals surface area contributed by atoms with Crippen LogP contribution in [0.25, 0.3) is 0 Å². The molecule has 12 heavy (non-hydrogen) atoms. The Balaban J connectivity index is 2.33. The van der Waals surface area contributed by atoms with Crippen LogP contribution in [0.15, 0.2) is 15.9 Å². The van der Waals surface area contributed by atoms with Gasteiger partial charge in [-0.2, -0.15) is 0 Å². The summed E-state index contributed by atoms with van der Waals surface area (Å²) in [7, 11) is 1.95. The van der Waals surface area contributed by atoms with Gasteiger partial charge in [0.15, 0.2) is 0 Å². The predicted octanol–water partition coefficient (Wildman–Crippen LogP) is 1.68. The van der Waals surface area contributed by atoms with Crippen molar-refractivity contribution in [2.75, 3.05) is 12.8 Å². The van der Waals surface area contributed by atoms with Gasteiger partial charge in [-0.25, -0.2) is 4.98 Å². The van der Waals surface area contributed by atoms with Crippen molar-refractivity contribution in [3.05, 3.63) is 12.0 Å². The third kappa shape index (κ3) is 2.87. The second-order valence-corrected chi connectivity index (χ2v) is 3.73. The average molecular weight is 186 g/mol. The highest BCUT2D eigenvalue weighted by Gasteiger charge is 2.03. The maximum absolute atomic E-state index is 5.18. The molecule has 0 radical (unpaired) electrons. The summed E-state index contributed by atoms with van der Waals surface area (Å²) in [4.78, 5) is 4.19. The molecule has 0 saturated carbocycles. The van der Waals surface area contributed by atoms with E-state index in [0.29, 0.717) is 6.04 Å². The molecule has 68 valence electrons. The number of nitrogens with zero attached hydrogens (tertiary/aromatic N) is 1. The Labute approximate surface area is 76.9 Å². The second kappa shape index (κ2) is 4.52. The Morgan fingerprint density at radius 1 is 1.75 bits per heavy atom. The number of hydrogen-bond donors (Lipinski definition) is 1. The molecule has 3 nitrogen and oxygen atoms in total. The Kier molecular flexibility index (Phi) is 3.62. The summed E-state index contributed by atoms with van der Waals surface area (Å²) in [5.41, 5.74) is 0.939. The maximum atomic E-state index is 5.18. The van der Waals surface area contributed by atoms with Crippen LogP contribution in [0, 0.1) is 6.92 Å². The number of hydrogen-bond acceptors (Lipinski definition) is 4. The fourth-order valence-electron chi connectivity index (χ4n) is 0.678. The molecule has 1 unspecified atom stereocenters. The minimum atomic E-state index is 0.488.